The van der Waals surface area contributed by atoms with E-state index in [1.54, 1.807) is 0 Å². The molecule has 5 nitrogen and oxygen atoms in total. The smallest absolute Gasteiger partial charge is 0.408 e. The molecule has 0 bridgehead atoms. The SMILES string of the molecule is CC(CN)CNCc1ccc2[nH]c(=O)oc2c1. The first-order valence-corrected chi connectivity index (χ1v) is 5.71. The average Bonchev–Trinajstić information content (AvgIpc) is 2.68. The van der Waals surface area contributed by atoms with Gasteiger partial charge in [0.15, 0.2) is 5.58 Å². The van der Waals surface area contributed by atoms with Gasteiger partial charge in [0.2, 0.25) is 0 Å². The van der Waals surface area contributed by atoms with Gasteiger partial charge in [0.1, 0.15) is 0 Å². The molecule has 5 heteroatoms. The van der Waals surface area contributed by atoms with Gasteiger partial charge in [-0.15, -0.1) is 0 Å². The van der Waals surface area contributed by atoms with Crippen molar-refractivity contribution in [2.75, 3.05) is 13.1 Å². The Kier molecular flexibility index (Phi) is 3.61. The Morgan fingerprint density at radius 3 is 3.12 bits per heavy atom. The first-order chi connectivity index (χ1) is 8.19. The molecule has 2 rings (SSSR count). The van der Waals surface area contributed by atoms with Crippen LogP contribution in [0.25, 0.3) is 11.1 Å². The molecule has 0 aliphatic carbocycles. The summed E-state index contributed by atoms with van der Waals surface area (Å²) in [6, 6.07) is 5.69. The summed E-state index contributed by atoms with van der Waals surface area (Å²) in [5, 5.41) is 3.31. The maximum atomic E-state index is 11.0. The number of hydrogen-bond acceptors (Lipinski definition) is 4. The molecule has 17 heavy (non-hydrogen) atoms. The zero-order valence-corrected chi connectivity index (χ0v) is 9.82. The van der Waals surface area contributed by atoms with Crippen LogP contribution in [0.15, 0.2) is 27.4 Å². The minimum Gasteiger partial charge on any atom is -0.408 e. The van der Waals surface area contributed by atoms with Crippen LogP contribution in [0.5, 0.6) is 0 Å². The standard InChI is InChI=1S/C12H17N3O2/c1-8(5-13)6-14-7-9-2-3-10-11(4-9)17-12(16)15-10/h2-4,8,14H,5-7,13H2,1H3,(H,15,16). The molecule has 0 radical (unpaired) electrons. The number of H-pyrrole nitrogens is 1. The number of nitrogens with two attached hydrogens (primary N) is 1. The molecule has 0 aliphatic rings. The van der Waals surface area contributed by atoms with Crippen molar-refractivity contribution >= 4 is 11.1 Å². The fourth-order valence-electron chi connectivity index (χ4n) is 1.65. The fourth-order valence-corrected chi connectivity index (χ4v) is 1.65. The summed E-state index contributed by atoms with van der Waals surface area (Å²) in [6.07, 6.45) is 0. The van der Waals surface area contributed by atoms with Crippen LogP contribution in [-0.4, -0.2) is 18.1 Å². The molecule has 1 aromatic heterocycles. The first kappa shape index (κ1) is 11.9. The van der Waals surface area contributed by atoms with E-state index in [9.17, 15) is 4.79 Å². The number of aromatic nitrogens is 1. The van der Waals surface area contributed by atoms with Gasteiger partial charge in [-0.25, -0.2) is 4.79 Å². The molecule has 0 aliphatic heterocycles. The van der Waals surface area contributed by atoms with Crippen LogP contribution >= 0.6 is 0 Å². The Hall–Kier alpha value is -1.59. The predicted octanol–water partition coefficient (Wildman–Crippen LogP) is 0.805. The molecular formula is C12H17N3O2. The maximum Gasteiger partial charge on any atom is 0.417 e. The third-order valence-corrected chi connectivity index (χ3v) is 2.71. The van der Waals surface area contributed by atoms with Crippen molar-refractivity contribution < 1.29 is 4.42 Å². The number of nitrogens with one attached hydrogen (secondary N) is 2. The molecule has 4 N–H and O–H groups in total. The van der Waals surface area contributed by atoms with E-state index in [1.165, 1.54) is 0 Å². The van der Waals surface area contributed by atoms with Crippen molar-refractivity contribution in [3.8, 4) is 0 Å². The van der Waals surface area contributed by atoms with Crippen molar-refractivity contribution in [3.05, 3.63) is 34.3 Å². The number of fused-ring (bicyclic) bond motifs is 1. The van der Waals surface area contributed by atoms with Gasteiger partial charge in [-0.3, -0.25) is 4.98 Å². The Bertz CT molecular complexity index is 544. The molecule has 1 heterocycles. The highest BCUT2D eigenvalue weighted by atomic mass is 16.4. The topological polar surface area (TPSA) is 84.0 Å². The molecule has 0 fully saturated rings. The number of rotatable bonds is 5. The van der Waals surface area contributed by atoms with Gasteiger partial charge in [-0.2, -0.15) is 0 Å². The van der Waals surface area contributed by atoms with Crippen LogP contribution in [0.4, 0.5) is 0 Å². The molecule has 0 saturated carbocycles. The zero-order valence-electron chi connectivity index (χ0n) is 9.82. The molecule has 0 spiro atoms. The number of benzene rings is 1. The molecule has 2 aromatic rings. The van der Waals surface area contributed by atoms with E-state index in [0.29, 0.717) is 18.0 Å². The number of oxazole rings is 1. The average molecular weight is 235 g/mol. The summed E-state index contributed by atoms with van der Waals surface area (Å²) < 4.78 is 5.00. The summed E-state index contributed by atoms with van der Waals surface area (Å²) in [4.78, 5) is 13.6. The second-order valence-electron chi connectivity index (χ2n) is 4.32. The zero-order chi connectivity index (χ0) is 12.3. The minimum absolute atomic E-state index is 0.415. The number of aromatic amines is 1. The monoisotopic (exact) mass is 235 g/mol. The van der Waals surface area contributed by atoms with Crippen LogP contribution < -0.4 is 16.8 Å². The van der Waals surface area contributed by atoms with Gasteiger partial charge >= 0.3 is 5.76 Å². The largest absolute Gasteiger partial charge is 0.417 e. The van der Waals surface area contributed by atoms with Crippen LogP contribution in [0.2, 0.25) is 0 Å². The van der Waals surface area contributed by atoms with E-state index in [0.717, 1.165) is 24.2 Å². The Morgan fingerprint density at radius 2 is 2.35 bits per heavy atom. The number of hydrogen-bond donors (Lipinski definition) is 3. The normalized spacial score (nSPS) is 13.1. The van der Waals surface area contributed by atoms with Crippen LogP contribution in [0.3, 0.4) is 0 Å². The summed E-state index contributed by atoms with van der Waals surface area (Å²) >= 11 is 0. The summed E-state index contributed by atoms with van der Waals surface area (Å²) in [5.74, 6) is 0.0470. The van der Waals surface area contributed by atoms with E-state index in [4.69, 9.17) is 10.2 Å². The Labute approximate surface area is 99.0 Å². The Morgan fingerprint density at radius 1 is 1.53 bits per heavy atom. The quantitative estimate of drug-likeness (QED) is 0.716. The minimum atomic E-state index is -0.415. The van der Waals surface area contributed by atoms with E-state index in [2.05, 4.69) is 17.2 Å². The highest BCUT2D eigenvalue weighted by Gasteiger charge is 2.03. The van der Waals surface area contributed by atoms with Crippen molar-refractivity contribution in [1.82, 2.24) is 10.3 Å². The van der Waals surface area contributed by atoms with Crippen molar-refractivity contribution in [1.29, 1.82) is 0 Å². The summed E-state index contributed by atoms with van der Waals surface area (Å²) in [7, 11) is 0. The van der Waals surface area contributed by atoms with Gasteiger partial charge in [-0.1, -0.05) is 13.0 Å². The lowest BCUT2D eigenvalue weighted by atomic mass is 10.1. The molecule has 1 atom stereocenters. The summed E-state index contributed by atoms with van der Waals surface area (Å²) in [5.41, 5.74) is 7.95. The van der Waals surface area contributed by atoms with Gasteiger partial charge in [0.05, 0.1) is 5.52 Å². The lowest BCUT2D eigenvalue weighted by molar-refractivity contribution is 0.521. The third kappa shape index (κ3) is 2.95. The van der Waals surface area contributed by atoms with Crippen molar-refractivity contribution in [2.24, 2.45) is 11.7 Å². The first-order valence-electron chi connectivity index (χ1n) is 5.71. The van der Waals surface area contributed by atoms with E-state index < -0.39 is 5.76 Å². The lowest BCUT2D eigenvalue weighted by Gasteiger charge is -2.09. The Balaban J connectivity index is 2.01. The van der Waals surface area contributed by atoms with Gasteiger partial charge in [0, 0.05) is 6.54 Å². The molecule has 1 aromatic carbocycles. The predicted molar refractivity (Wildman–Crippen MR) is 66.8 cm³/mol. The maximum absolute atomic E-state index is 11.0. The van der Waals surface area contributed by atoms with E-state index in [-0.39, 0.29) is 0 Å². The highest BCUT2D eigenvalue weighted by molar-refractivity contribution is 5.72. The van der Waals surface area contributed by atoms with Crippen molar-refractivity contribution in [3.63, 3.8) is 0 Å². The van der Waals surface area contributed by atoms with Gasteiger partial charge in [0.25, 0.3) is 0 Å². The lowest BCUT2D eigenvalue weighted by Crippen LogP contribution is -2.25. The molecule has 0 saturated heterocycles. The highest BCUT2D eigenvalue weighted by Crippen LogP contribution is 2.12. The van der Waals surface area contributed by atoms with Gasteiger partial charge in [-0.05, 0) is 36.7 Å². The summed E-state index contributed by atoms with van der Waals surface area (Å²) in [6.45, 7) is 4.40. The van der Waals surface area contributed by atoms with E-state index in [1.807, 2.05) is 18.2 Å². The molecule has 92 valence electrons. The van der Waals surface area contributed by atoms with Crippen LogP contribution in [0.1, 0.15) is 12.5 Å². The van der Waals surface area contributed by atoms with Crippen LogP contribution in [-0.2, 0) is 6.54 Å². The van der Waals surface area contributed by atoms with E-state index >= 15 is 0 Å². The van der Waals surface area contributed by atoms with Crippen LogP contribution in [0, 0.1) is 5.92 Å². The second kappa shape index (κ2) is 5.16. The molecule has 0 amide bonds. The second-order valence-corrected chi connectivity index (χ2v) is 4.32. The molecule has 1 unspecified atom stereocenters. The third-order valence-electron chi connectivity index (χ3n) is 2.71. The molecular weight excluding hydrogens is 218 g/mol. The van der Waals surface area contributed by atoms with Gasteiger partial charge < -0.3 is 15.5 Å². The van der Waals surface area contributed by atoms with Crippen molar-refractivity contribution in [2.45, 2.75) is 13.5 Å². The fraction of sp³-hybridized carbons (Fsp3) is 0.417.